The van der Waals surface area contributed by atoms with Crippen LogP contribution in [0.5, 0.6) is 0 Å². The highest BCUT2D eigenvalue weighted by Crippen LogP contribution is 2.57. The fourth-order valence-corrected chi connectivity index (χ4v) is 7.54. The number of carbonyl (C=O) groups excluding carboxylic acids is 3. The van der Waals surface area contributed by atoms with E-state index in [4.69, 9.17) is 11.6 Å². The van der Waals surface area contributed by atoms with Crippen molar-refractivity contribution >= 4 is 46.0 Å². The SMILES string of the molecule is O=C(N[C@]12CC1c1cc(Cl)c3[nH]ncc3c1CN(CC(F)(F)F)C2=O)c1ccc2c(c1)CC1(C2)C(=O)Nc2ncccc21. The third-order valence-corrected chi connectivity index (χ3v) is 9.64. The molecule has 3 N–H and O–H groups in total. The molecule has 2 aromatic heterocycles. The molecule has 2 aliphatic heterocycles. The Labute approximate surface area is 246 Å². The van der Waals surface area contributed by atoms with Crippen LogP contribution in [0.4, 0.5) is 19.0 Å². The number of aromatic nitrogens is 3. The number of fused-ring (bicyclic) bond motifs is 8. The number of halogens is 4. The number of carbonyl (C=O) groups is 3. The Balaban J connectivity index is 1.13. The Morgan fingerprint density at radius 3 is 2.79 bits per heavy atom. The lowest BCUT2D eigenvalue weighted by Gasteiger charge is -2.28. The molecule has 13 heteroatoms. The molecule has 4 aromatic rings. The van der Waals surface area contributed by atoms with Crippen LogP contribution in [0.2, 0.25) is 5.02 Å². The van der Waals surface area contributed by atoms with Crippen molar-refractivity contribution in [1.29, 1.82) is 0 Å². The highest BCUT2D eigenvalue weighted by molar-refractivity contribution is 6.35. The van der Waals surface area contributed by atoms with E-state index < -0.39 is 41.4 Å². The van der Waals surface area contributed by atoms with E-state index in [9.17, 15) is 27.6 Å². The first-order valence-corrected chi connectivity index (χ1v) is 14.1. The molecule has 0 radical (unpaired) electrons. The Hall–Kier alpha value is -4.45. The van der Waals surface area contributed by atoms with Crippen LogP contribution in [0.15, 0.2) is 48.8 Å². The second kappa shape index (κ2) is 8.56. The Bertz CT molecular complexity index is 1920. The van der Waals surface area contributed by atoms with E-state index in [1.807, 2.05) is 6.07 Å². The van der Waals surface area contributed by atoms with Gasteiger partial charge in [-0.05, 0) is 65.8 Å². The normalized spacial score (nSPS) is 25.2. The van der Waals surface area contributed by atoms with Crippen molar-refractivity contribution in [1.82, 2.24) is 25.4 Å². The van der Waals surface area contributed by atoms with Crippen molar-refractivity contribution in [2.45, 2.75) is 48.9 Å². The molecule has 2 unspecified atom stereocenters. The maximum atomic E-state index is 13.8. The molecule has 4 aliphatic rings. The van der Waals surface area contributed by atoms with Crippen LogP contribution in [0.25, 0.3) is 10.9 Å². The molecule has 1 saturated carbocycles. The van der Waals surface area contributed by atoms with Crippen LogP contribution in [-0.2, 0) is 34.4 Å². The largest absolute Gasteiger partial charge is 0.406 e. The monoisotopic (exact) mass is 606 g/mol. The number of pyridine rings is 1. The molecular weight excluding hydrogens is 585 g/mol. The molecule has 8 rings (SSSR count). The Morgan fingerprint density at radius 2 is 1.98 bits per heavy atom. The summed E-state index contributed by atoms with van der Waals surface area (Å²) < 4.78 is 41.0. The van der Waals surface area contributed by atoms with Gasteiger partial charge in [-0.25, -0.2) is 4.98 Å². The van der Waals surface area contributed by atoms with Crippen molar-refractivity contribution in [3.8, 4) is 0 Å². The lowest BCUT2D eigenvalue weighted by molar-refractivity contribution is -0.164. The van der Waals surface area contributed by atoms with Gasteiger partial charge in [0.15, 0.2) is 0 Å². The number of H-pyrrole nitrogens is 1. The van der Waals surface area contributed by atoms with E-state index in [0.29, 0.717) is 45.7 Å². The zero-order chi connectivity index (χ0) is 29.9. The predicted octanol–water partition coefficient (Wildman–Crippen LogP) is 4.16. The fraction of sp³-hybridized carbons (Fsp3) is 0.300. The lowest BCUT2D eigenvalue weighted by atomic mass is 9.79. The van der Waals surface area contributed by atoms with Gasteiger partial charge in [0.2, 0.25) is 11.8 Å². The zero-order valence-corrected chi connectivity index (χ0v) is 23.1. The number of rotatable bonds is 3. The maximum absolute atomic E-state index is 13.8. The number of anilines is 1. The second-order valence-electron chi connectivity index (χ2n) is 11.8. The summed E-state index contributed by atoms with van der Waals surface area (Å²) in [6.45, 7) is -1.76. The minimum absolute atomic E-state index is 0.136. The standard InChI is InChI=1S/C30H22ClF3N6O3/c31-22-7-17-19(18-11-36-39-23(18)22)12-40(13-30(32,33)34)27(43)29(10-21(17)29)38-25(41)14-3-4-15-8-28(9-16(15)6-14)20-2-1-5-35-24(20)37-26(28)42/h1-7,11,21H,8-10,12-13H2,(H,36,39)(H,38,41)(H,35,37,42)/t21?,28?,29-/m1/s1. The molecule has 1 fully saturated rings. The first-order chi connectivity index (χ1) is 20.5. The van der Waals surface area contributed by atoms with Crippen LogP contribution in [0, 0.1) is 0 Å². The van der Waals surface area contributed by atoms with E-state index in [1.54, 1.807) is 36.5 Å². The van der Waals surface area contributed by atoms with Gasteiger partial charge in [-0.3, -0.25) is 19.5 Å². The van der Waals surface area contributed by atoms with E-state index in [0.717, 1.165) is 21.6 Å². The molecule has 218 valence electrons. The molecule has 4 heterocycles. The van der Waals surface area contributed by atoms with E-state index in [1.165, 1.54) is 6.20 Å². The molecule has 0 bridgehead atoms. The molecule has 2 aromatic carbocycles. The summed E-state index contributed by atoms with van der Waals surface area (Å²) in [5, 5.41) is 13.3. The number of nitrogens with zero attached hydrogens (tertiary/aromatic N) is 3. The van der Waals surface area contributed by atoms with Crippen molar-refractivity contribution in [2.75, 3.05) is 11.9 Å². The smallest absolute Gasteiger partial charge is 0.337 e. The average Bonchev–Trinajstić information content (AvgIpc) is 3.26. The molecule has 9 nitrogen and oxygen atoms in total. The molecule has 3 amide bonds. The molecule has 1 spiro atoms. The topological polar surface area (TPSA) is 120 Å². The van der Waals surface area contributed by atoms with Gasteiger partial charge >= 0.3 is 6.18 Å². The van der Waals surface area contributed by atoms with Crippen molar-refractivity contribution in [2.24, 2.45) is 0 Å². The van der Waals surface area contributed by atoms with Crippen LogP contribution >= 0.6 is 11.6 Å². The average molecular weight is 607 g/mol. The fourth-order valence-electron chi connectivity index (χ4n) is 7.27. The lowest BCUT2D eigenvalue weighted by Crippen LogP contribution is -2.52. The van der Waals surface area contributed by atoms with Crippen molar-refractivity contribution in [3.05, 3.63) is 87.2 Å². The van der Waals surface area contributed by atoms with Crippen molar-refractivity contribution in [3.63, 3.8) is 0 Å². The number of benzene rings is 2. The summed E-state index contributed by atoms with van der Waals surface area (Å²) in [7, 11) is 0. The van der Waals surface area contributed by atoms with Crippen LogP contribution in [0.3, 0.4) is 0 Å². The summed E-state index contributed by atoms with van der Waals surface area (Å²) >= 11 is 6.48. The van der Waals surface area contributed by atoms with Gasteiger partial charge in [0.25, 0.3) is 5.91 Å². The number of hydrogen-bond donors (Lipinski definition) is 3. The minimum Gasteiger partial charge on any atom is -0.337 e. The van der Waals surface area contributed by atoms with Crippen LogP contribution in [-0.4, -0.2) is 56.1 Å². The highest BCUT2D eigenvalue weighted by atomic mass is 35.5. The first kappa shape index (κ1) is 26.2. The zero-order valence-electron chi connectivity index (χ0n) is 22.3. The van der Waals surface area contributed by atoms with Gasteiger partial charge in [0.05, 0.1) is 22.2 Å². The first-order valence-electron chi connectivity index (χ1n) is 13.7. The quantitative estimate of drug-likeness (QED) is 0.324. The molecule has 3 atom stereocenters. The molecular formula is C30H22ClF3N6O3. The van der Waals surface area contributed by atoms with Crippen LogP contribution < -0.4 is 10.6 Å². The van der Waals surface area contributed by atoms with Gasteiger partial charge in [-0.2, -0.15) is 18.3 Å². The summed E-state index contributed by atoms with van der Waals surface area (Å²) in [6.07, 6.45) is -0.591. The Kier molecular flexibility index (Phi) is 5.22. The van der Waals surface area contributed by atoms with Gasteiger partial charge < -0.3 is 15.5 Å². The number of amides is 3. The third-order valence-electron chi connectivity index (χ3n) is 9.34. The van der Waals surface area contributed by atoms with Gasteiger partial charge in [0, 0.05) is 35.2 Å². The second-order valence-corrected chi connectivity index (χ2v) is 12.2. The van der Waals surface area contributed by atoms with Gasteiger partial charge in [-0.1, -0.05) is 23.7 Å². The number of alkyl halides is 3. The van der Waals surface area contributed by atoms with Gasteiger partial charge in [0.1, 0.15) is 17.9 Å². The summed E-state index contributed by atoms with van der Waals surface area (Å²) in [6, 6.07) is 10.4. The number of aromatic amines is 1. The van der Waals surface area contributed by atoms with Crippen molar-refractivity contribution < 1.29 is 27.6 Å². The maximum Gasteiger partial charge on any atom is 0.406 e. The minimum atomic E-state index is -4.64. The molecule has 0 saturated heterocycles. The van der Waals surface area contributed by atoms with E-state index in [2.05, 4.69) is 25.8 Å². The predicted molar refractivity (Wildman–Crippen MR) is 149 cm³/mol. The Morgan fingerprint density at radius 1 is 1.16 bits per heavy atom. The third kappa shape index (κ3) is 3.75. The molecule has 43 heavy (non-hydrogen) atoms. The van der Waals surface area contributed by atoms with E-state index >= 15 is 0 Å². The number of nitrogens with one attached hydrogen (secondary N) is 3. The summed E-state index contributed by atoms with van der Waals surface area (Å²) in [5.74, 6) is -1.55. The van der Waals surface area contributed by atoms with Gasteiger partial charge in [-0.15, -0.1) is 0 Å². The number of hydrogen-bond acceptors (Lipinski definition) is 5. The summed E-state index contributed by atoms with van der Waals surface area (Å²) in [4.78, 5) is 45.6. The highest BCUT2D eigenvalue weighted by Gasteiger charge is 2.65. The molecule has 2 aliphatic carbocycles. The van der Waals surface area contributed by atoms with Crippen LogP contribution in [0.1, 0.15) is 50.5 Å². The summed E-state index contributed by atoms with van der Waals surface area (Å²) in [5.41, 5.74) is 2.04. The van der Waals surface area contributed by atoms with E-state index in [-0.39, 0.29) is 24.4 Å².